The second-order valence-corrected chi connectivity index (χ2v) is 11.2. The number of fused-ring (bicyclic) bond motifs is 2. The van der Waals surface area contributed by atoms with Gasteiger partial charge in [0.1, 0.15) is 6.61 Å². The van der Waals surface area contributed by atoms with Crippen LogP contribution < -0.4 is 33.8 Å². The smallest absolute Gasteiger partial charge is 0.338 e. The van der Waals surface area contributed by atoms with Crippen LogP contribution in [0.5, 0.6) is 23.0 Å². The van der Waals surface area contributed by atoms with Crippen LogP contribution in [0, 0.1) is 0 Å². The number of aromatic nitrogens is 1. The SMILES string of the molecule is CCOC(=O)C1=C(C)N=c2s/c(=C\c3ccc(OCc4ccc5c(c4)OCO5)c(OC)c3)c(=O)n2[C@@H]1c1ccc(Cl)cc1. The molecule has 3 aromatic carbocycles. The highest BCUT2D eigenvalue weighted by Crippen LogP contribution is 2.34. The Morgan fingerprint density at radius 1 is 1.09 bits per heavy atom. The molecule has 4 aromatic rings. The minimum absolute atomic E-state index is 0.200. The van der Waals surface area contributed by atoms with E-state index in [1.54, 1.807) is 68.0 Å². The van der Waals surface area contributed by atoms with Gasteiger partial charge in [-0.05, 0) is 73.0 Å². The molecule has 0 N–H and O–H groups in total. The van der Waals surface area contributed by atoms with Crippen LogP contribution in [0.15, 0.2) is 81.7 Å². The first kappa shape index (κ1) is 28.6. The maximum absolute atomic E-state index is 13.9. The van der Waals surface area contributed by atoms with Crippen molar-refractivity contribution in [3.63, 3.8) is 0 Å². The molecule has 11 heteroatoms. The summed E-state index contributed by atoms with van der Waals surface area (Å²) in [6, 6.07) is 17.5. The number of ether oxygens (including phenoxy) is 5. The number of methoxy groups -OCH3 is 1. The van der Waals surface area contributed by atoms with E-state index in [0.29, 0.717) is 55.2 Å². The molecule has 0 fully saturated rings. The topological polar surface area (TPSA) is 97.6 Å². The van der Waals surface area contributed by atoms with Gasteiger partial charge in [-0.2, -0.15) is 0 Å². The zero-order chi connectivity index (χ0) is 30.1. The summed E-state index contributed by atoms with van der Waals surface area (Å²) in [5.74, 6) is 1.95. The van der Waals surface area contributed by atoms with Crippen LogP contribution >= 0.6 is 22.9 Å². The fourth-order valence-electron chi connectivity index (χ4n) is 4.99. The number of hydrogen-bond acceptors (Lipinski definition) is 9. The number of carbonyl (C=O) groups excluding carboxylic acids is 1. The van der Waals surface area contributed by atoms with Gasteiger partial charge in [-0.25, -0.2) is 9.79 Å². The first-order valence-corrected chi connectivity index (χ1v) is 14.7. The Bertz CT molecular complexity index is 1930. The van der Waals surface area contributed by atoms with Crippen molar-refractivity contribution in [2.75, 3.05) is 20.5 Å². The number of esters is 1. The fourth-order valence-corrected chi connectivity index (χ4v) is 6.16. The van der Waals surface area contributed by atoms with Crippen molar-refractivity contribution in [3.8, 4) is 23.0 Å². The van der Waals surface area contributed by atoms with Gasteiger partial charge in [-0.1, -0.05) is 47.2 Å². The molecule has 0 spiro atoms. The second-order valence-electron chi connectivity index (χ2n) is 9.74. The molecule has 1 atom stereocenters. The Morgan fingerprint density at radius 2 is 1.88 bits per heavy atom. The highest BCUT2D eigenvalue weighted by molar-refractivity contribution is 7.07. The molecule has 0 saturated carbocycles. The number of nitrogens with zero attached hydrogens (tertiary/aromatic N) is 2. The Hall–Kier alpha value is -4.54. The van der Waals surface area contributed by atoms with E-state index in [1.165, 1.54) is 11.3 Å². The minimum atomic E-state index is -0.712. The van der Waals surface area contributed by atoms with Crippen molar-refractivity contribution in [2.45, 2.75) is 26.5 Å². The summed E-state index contributed by atoms with van der Waals surface area (Å²) in [7, 11) is 1.56. The lowest BCUT2D eigenvalue weighted by molar-refractivity contribution is -0.139. The van der Waals surface area contributed by atoms with Gasteiger partial charge in [-0.3, -0.25) is 9.36 Å². The second kappa shape index (κ2) is 12.0. The summed E-state index contributed by atoms with van der Waals surface area (Å²) in [5.41, 5.74) is 2.91. The summed E-state index contributed by atoms with van der Waals surface area (Å²) < 4.78 is 29.8. The van der Waals surface area contributed by atoms with E-state index in [0.717, 1.165) is 16.7 Å². The molecule has 6 rings (SSSR count). The van der Waals surface area contributed by atoms with E-state index in [2.05, 4.69) is 4.99 Å². The van der Waals surface area contributed by atoms with Crippen molar-refractivity contribution >= 4 is 35.0 Å². The minimum Gasteiger partial charge on any atom is -0.493 e. The van der Waals surface area contributed by atoms with Gasteiger partial charge in [0.05, 0.1) is 35.6 Å². The predicted octanol–water partition coefficient (Wildman–Crippen LogP) is 4.77. The molecule has 0 aliphatic carbocycles. The molecule has 0 radical (unpaired) electrons. The van der Waals surface area contributed by atoms with Gasteiger partial charge < -0.3 is 23.7 Å². The van der Waals surface area contributed by atoms with E-state index in [9.17, 15) is 9.59 Å². The summed E-state index contributed by atoms with van der Waals surface area (Å²) in [6.45, 7) is 4.20. The van der Waals surface area contributed by atoms with Crippen LogP contribution in [0.3, 0.4) is 0 Å². The third-order valence-corrected chi connectivity index (χ3v) is 8.25. The lowest BCUT2D eigenvalue weighted by Gasteiger charge is -2.24. The van der Waals surface area contributed by atoms with Crippen molar-refractivity contribution < 1.29 is 28.5 Å². The quantitative estimate of drug-likeness (QED) is 0.263. The lowest BCUT2D eigenvalue weighted by atomic mass is 9.96. The number of allylic oxidation sites excluding steroid dienone is 1. The lowest BCUT2D eigenvalue weighted by Crippen LogP contribution is -2.39. The van der Waals surface area contributed by atoms with Crippen molar-refractivity contribution in [2.24, 2.45) is 4.99 Å². The zero-order valence-corrected chi connectivity index (χ0v) is 25.2. The highest BCUT2D eigenvalue weighted by atomic mass is 35.5. The van der Waals surface area contributed by atoms with Crippen molar-refractivity contribution in [1.82, 2.24) is 4.57 Å². The third-order valence-electron chi connectivity index (χ3n) is 7.02. The number of hydrogen-bond donors (Lipinski definition) is 0. The number of rotatable bonds is 8. The number of halogens is 1. The molecule has 2 aliphatic heterocycles. The summed E-state index contributed by atoms with van der Waals surface area (Å²) >= 11 is 7.38. The number of thiazole rings is 1. The molecule has 0 saturated heterocycles. The van der Waals surface area contributed by atoms with Gasteiger partial charge >= 0.3 is 5.97 Å². The predicted molar refractivity (Wildman–Crippen MR) is 162 cm³/mol. The van der Waals surface area contributed by atoms with E-state index in [4.69, 9.17) is 35.3 Å². The molecule has 220 valence electrons. The summed E-state index contributed by atoms with van der Waals surface area (Å²) in [5, 5.41) is 0.548. The first-order valence-electron chi connectivity index (χ1n) is 13.5. The van der Waals surface area contributed by atoms with Crippen molar-refractivity contribution in [3.05, 3.63) is 113 Å². The fraction of sp³-hybridized carbons (Fsp3) is 0.219. The third kappa shape index (κ3) is 5.63. The largest absolute Gasteiger partial charge is 0.493 e. The van der Waals surface area contributed by atoms with E-state index in [-0.39, 0.29) is 19.0 Å². The van der Waals surface area contributed by atoms with Crippen LogP contribution in [-0.4, -0.2) is 31.0 Å². The monoisotopic (exact) mass is 618 g/mol. The molecular formula is C32H27ClN2O7S. The molecule has 0 unspecified atom stereocenters. The highest BCUT2D eigenvalue weighted by Gasteiger charge is 2.33. The maximum atomic E-state index is 13.9. The number of benzene rings is 3. The van der Waals surface area contributed by atoms with Gasteiger partial charge in [0.25, 0.3) is 5.56 Å². The van der Waals surface area contributed by atoms with E-state index >= 15 is 0 Å². The Kier molecular flexibility index (Phi) is 7.96. The van der Waals surface area contributed by atoms with Crippen LogP contribution in [0.2, 0.25) is 5.02 Å². The Labute approximate surface area is 255 Å². The van der Waals surface area contributed by atoms with Crippen LogP contribution in [0.1, 0.15) is 36.6 Å². The van der Waals surface area contributed by atoms with Gasteiger partial charge in [0, 0.05) is 5.02 Å². The molecular weight excluding hydrogens is 592 g/mol. The molecule has 0 amide bonds. The average molecular weight is 619 g/mol. The van der Waals surface area contributed by atoms with Crippen LogP contribution in [0.4, 0.5) is 0 Å². The summed E-state index contributed by atoms with van der Waals surface area (Å²) in [6.07, 6.45) is 1.77. The van der Waals surface area contributed by atoms with Gasteiger partial charge in [0.15, 0.2) is 27.8 Å². The molecule has 1 aromatic heterocycles. The molecule has 43 heavy (non-hydrogen) atoms. The van der Waals surface area contributed by atoms with Gasteiger partial charge in [-0.15, -0.1) is 0 Å². The average Bonchev–Trinajstić information content (AvgIpc) is 3.59. The maximum Gasteiger partial charge on any atom is 0.338 e. The Balaban J connectivity index is 1.34. The Morgan fingerprint density at radius 3 is 2.65 bits per heavy atom. The van der Waals surface area contributed by atoms with Crippen LogP contribution in [-0.2, 0) is 16.1 Å². The molecule has 9 nitrogen and oxygen atoms in total. The van der Waals surface area contributed by atoms with Crippen molar-refractivity contribution in [1.29, 1.82) is 0 Å². The number of carbonyl (C=O) groups is 1. The first-order chi connectivity index (χ1) is 20.9. The van der Waals surface area contributed by atoms with Gasteiger partial charge in [0.2, 0.25) is 6.79 Å². The van der Waals surface area contributed by atoms with Crippen LogP contribution in [0.25, 0.3) is 6.08 Å². The molecule has 2 aliphatic rings. The standard InChI is InChI=1S/C32H27ClN2O7S/c1-4-39-31(37)28-18(2)34-32-35(29(28)21-7-9-22(33)10-8-21)30(36)27(43-32)15-19-5-11-23(25(13-19)38-3)40-16-20-6-12-24-26(14-20)42-17-41-24/h5-15,29H,4,16-17H2,1-3H3/b27-15-/t29-/m1/s1. The van der Waals surface area contributed by atoms with E-state index < -0.39 is 12.0 Å². The normalized spacial score (nSPS) is 15.6. The zero-order valence-electron chi connectivity index (χ0n) is 23.6. The molecule has 3 heterocycles. The summed E-state index contributed by atoms with van der Waals surface area (Å²) in [4.78, 5) is 32.0. The van der Waals surface area contributed by atoms with E-state index in [1.807, 2.05) is 24.3 Å². The molecule has 0 bridgehead atoms.